The van der Waals surface area contributed by atoms with E-state index < -0.39 is 35.9 Å². The van der Waals surface area contributed by atoms with E-state index in [-0.39, 0.29) is 18.9 Å². The summed E-state index contributed by atoms with van der Waals surface area (Å²) in [5.41, 5.74) is 18.7. The molecule has 0 saturated heterocycles. The Morgan fingerprint density at radius 2 is 1.64 bits per heavy atom. The number of nitrogens with zero attached hydrogens (tertiary/aromatic N) is 1. The highest BCUT2D eigenvalue weighted by molar-refractivity contribution is 5.94. The number of fused-ring (bicyclic) bond motifs is 1. The SMILES string of the molecule is NCCCCC(N)C(=O)NC(CC1=C2C=CC=CC2N=C1)C(=O)NC(CCCCN)C(=O)O. The van der Waals surface area contributed by atoms with E-state index in [0.29, 0.717) is 38.8 Å². The summed E-state index contributed by atoms with van der Waals surface area (Å²) < 4.78 is 0. The molecule has 0 spiro atoms. The van der Waals surface area contributed by atoms with Gasteiger partial charge in [0.05, 0.1) is 12.1 Å². The third kappa shape index (κ3) is 8.23. The van der Waals surface area contributed by atoms with Crippen molar-refractivity contribution in [3.05, 3.63) is 35.5 Å². The predicted molar refractivity (Wildman–Crippen MR) is 127 cm³/mol. The average Bonchev–Trinajstić information content (AvgIpc) is 3.20. The molecule has 1 heterocycles. The second-order valence-electron chi connectivity index (χ2n) is 8.29. The van der Waals surface area contributed by atoms with Crippen LogP contribution in [0.25, 0.3) is 0 Å². The van der Waals surface area contributed by atoms with Crippen molar-refractivity contribution in [3.8, 4) is 0 Å². The van der Waals surface area contributed by atoms with Gasteiger partial charge in [0.1, 0.15) is 12.1 Å². The molecule has 0 aromatic rings. The number of amides is 2. The molecule has 2 aliphatic rings. The number of carbonyl (C=O) groups is 3. The van der Waals surface area contributed by atoms with Crippen LogP contribution in [0.4, 0.5) is 0 Å². The van der Waals surface area contributed by atoms with E-state index in [1.54, 1.807) is 6.21 Å². The Hall–Kier alpha value is -2.82. The third-order valence-corrected chi connectivity index (χ3v) is 5.69. The maximum Gasteiger partial charge on any atom is 0.326 e. The maximum atomic E-state index is 13.1. The van der Waals surface area contributed by atoms with E-state index in [4.69, 9.17) is 17.2 Å². The lowest BCUT2D eigenvalue weighted by atomic mass is 9.95. The zero-order valence-corrected chi connectivity index (χ0v) is 18.9. The standard InChI is InChI=1S/C23H36N6O4/c24-11-5-3-8-17(26)21(30)29-20(13-15-14-27-18-9-2-1-7-16(15)18)22(31)28-19(23(32)33)10-4-6-12-25/h1-2,7,9,14,17-20H,3-6,8,10-13,24-26H2,(H,28,31)(H,29,30)(H,32,33). The molecule has 10 nitrogen and oxygen atoms in total. The molecule has 10 heteroatoms. The Labute approximate surface area is 194 Å². The van der Waals surface area contributed by atoms with Gasteiger partial charge in [0.15, 0.2) is 0 Å². The van der Waals surface area contributed by atoms with Gasteiger partial charge in [-0.3, -0.25) is 14.6 Å². The molecule has 2 amide bonds. The number of nitrogens with one attached hydrogen (secondary N) is 2. The molecule has 9 N–H and O–H groups in total. The molecular formula is C23H36N6O4. The molecular weight excluding hydrogens is 424 g/mol. The molecule has 0 bridgehead atoms. The van der Waals surface area contributed by atoms with Crippen LogP contribution in [0.3, 0.4) is 0 Å². The van der Waals surface area contributed by atoms with E-state index in [1.165, 1.54) is 0 Å². The quantitative estimate of drug-likeness (QED) is 0.184. The highest BCUT2D eigenvalue weighted by Crippen LogP contribution is 2.26. The van der Waals surface area contributed by atoms with Gasteiger partial charge in [0, 0.05) is 12.6 Å². The topological polar surface area (TPSA) is 186 Å². The third-order valence-electron chi connectivity index (χ3n) is 5.69. The largest absolute Gasteiger partial charge is 0.480 e. The first-order valence-corrected chi connectivity index (χ1v) is 11.5. The molecule has 182 valence electrons. The van der Waals surface area contributed by atoms with Gasteiger partial charge in [-0.05, 0) is 56.3 Å². The second kappa shape index (κ2) is 13.7. The van der Waals surface area contributed by atoms with Crippen molar-refractivity contribution in [2.45, 2.75) is 69.1 Å². The Kier molecular flexibility index (Phi) is 10.9. The summed E-state index contributed by atoms with van der Waals surface area (Å²) in [5, 5.41) is 14.8. The van der Waals surface area contributed by atoms with Crippen LogP contribution in [0.2, 0.25) is 0 Å². The average molecular weight is 461 g/mol. The zero-order valence-electron chi connectivity index (χ0n) is 18.9. The fourth-order valence-electron chi connectivity index (χ4n) is 3.74. The first-order chi connectivity index (χ1) is 15.9. The number of rotatable bonds is 15. The van der Waals surface area contributed by atoms with Gasteiger partial charge in [-0.15, -0.1) is 0 Å². The molecule has 4 unspecified atom stereocenters. The van der Waals surface area contributed by atoms with Crippen LogP contribution in [-0.4, -0.2) is 66.4 Å². The van der Waals surface area contributed by atoms with Gasteiger partial charge in [-0.25, -0.2) is 4.79 Å². The monoisotopic (exact) mass is 460 g/mol. The van der Waals surface area contributed by atoms with Gasteiger partial charge in [-0.2, -0.15) is 0 Å². The maximum absolute atomic E-state index is 13.1. The summed E-state index contributed by atoms with van der Waals surface area (Å²) in [5.74, 6) is -2.16. The normalized spacial score (nSPS) is 19.2. The number of carboxylic acid groups (broad SMARTS) is 1. The van der Waals surface area contributed by atoms with E-state index in [2.05, 4.69) is 15.6 Å². The fourth-order valence-corrected chi connectivity index (χ4v) is 3.74. The lowest BCUT2D eigenvalue weighted by Gasteiger charge is -2.23. The van der Waals surface area contributed by atoms with Crippen molar-refractivity contribution in [2.75, 3.05) is 13.1 Å². The lowest BCUT2D eigenvalue weighted by molar-refractivity contribution is -0.142. The molecule has 4 atom stereocenters. The number of hydrogen-bond acceptors (Lipinski definition) is 7. The van der Waals surface area contributed by atoms with Crippen LogP contribution in [0, 0.1) is 0 Å². The summed E-state index contributed by atoms with van der Waals surface area (Å²) in [7, 11) is 0. The number of nitrogens with two attached hydrogens (primary N) is 3. The minimum atomic E-state index is -1.13. The van der Waals surface area contributed by atoms with Gasteiger partial charge in [-0.1, -0.05) is 30.7 Å². The molecule has 0 aromatic carbocycles. The van der Waals surface area contributed by atoms with Gasteiger partial charge in [0.25, 0.3) is 0 Å². The van der Waals surface area contributed by atoms with Crippen molar-refractivity contribution >= 4 is 24.0 Å². The number of carbonyl (C=O) groups excluding carboxylic acids is 2. The number of allylic oxidation sites excluding steroid dienone is 2. The first kappa shape index (κ1) is 26.4. The van der Waals surface area contributed by atoms with Crippen LogP contribution in [0.5, 0.6) is 0 Å². The summed E-state index contributed by atoms with van der Waals surface area (Å²) in [6, 6.07) is -2.94. The highest BCUT2D eigenvalue weighted by Gasteiger charge is 2.30. The van der Waals surface area contributed by atoms with Crippen LogP contribution >= 0.6 is 0 Å². The van der Waals surface area contributed by atoms with E-state index in [9.17, 15) is 19.5 Å². The number of aliphatic imine (C=N–C) groups is 1. The Bertz CT molecular complexity index is 820. The minimum absolute atomic E-state index is 0.106. The lowest BCUT2D eigenvalue weighted by Crippen LogP contribution is -2.54. The van der Waals surface area contributed by atoms with Crippen LogP contribution in [0.15, 0.2) is 40.4 Å². The summed E-state index contributed by atoms with van der Waals surface area (Å²) in [6.45, 7) is 0.958. The number of aliphatic carboxylic acids is 1. The van der Waals surface area contributed by atoms with Crippen LogP contribution in [-0.2, 0) is 14.4 Å². The zero-order chi connectivity index (χ0) is 24.2. The fraction of sp³-hybridized carbons (Fsp3) is 0.565. The van der Waals surface area contributed by atoms with Crippen LogP contribution < -0.4 is 27.8 Å². The van der Waals surface area contributed by atoms with Crippen molar-refractivity contribution in [2.24, 2.45) is 22.2 Å². The molecule has 0 saturated carbocycles. The van der Waals surface area contributed by atoms with Crippen molar-refractivity contribution in [3.63, 3.8) is 0 Å². The number of carboxylic acids is 1. The molecule has 0 fully saturated rings. The molecule has 1 aliphatic carbocycles. The van der Waals surface area contributed by atoms with Crippen molar-refractivity contribution in [1.82, 2.24) is 10.6 Å². The summed E-state index contributed by atoms with van der Waals surface area (Å²) >= 11 is 0. The predicted octanol–water partition coefficient (Wildman–Crippen LogP) is -0.108. The van der Waals surface area contributed by atoms with E-state index in [0.717, 1.165) is 17.6 Å². The smallest absolute Gasteiger partial charge is 0.326 e. The second-order valence-corrected chi connectivity index (χ2v) is 8.29. The van der Waals surface area contributed by atoms with Gasteiger partial charge < -0.3 is 32.9 Å². The van der Waals surface area contributed by atoms with E-state index >= 15 is 0 Å². The molecule has 0 radical (unpaired) electrons. The molecule has 2 rings (SSSR count). The molecule has 0 aromatic heterocycles. The van der Waals surface area contributed by atoms with Gasteiger partial charge in [0.2, 0.25) is 11.8 Å². The van der Waals surface area contributed by atoms with Crippen LogP contribution in [0.1, 0.15) is 44.9 Å². The Morgan fingerprint density at radius 1 is 0.970 bits per heavy atom. The molecule has 33 heavy (non-hydrogen) atoms. The molecule has 1 aliphatic heterocycles. The number of unbranched alkanes of at least 4 members (excludes halogenated alkanes) is 2. The Balaban J connectivity index is 2.13. The first-order valence-electron chi connectivity index (χ1n) is 11.5. The summed E-state index contributed by atoms with van der Waals surface area (Å²) in [6.07, 6.45) is 12.9. The van der Waals surface area contributed by atoms with Crippen molar-refractivity contribution in [1.29, 1.82) is 0 Å². The number of hydrogen-bond donors (Lipinski definition) is 6. The van der Waals surface area contributed by atoms with Gasteiger partial charge >= 0.3 is 5.97 Å². The minimum Gasteiger partial charge on any atom is -0.480 e. The Morgan fingerprint density at radius 3 is 2.30 bits per heavy atom. The highest BCUT2D eigenvalue weighted by atomic mass is 16.4. The van der Waals surface area contributed by atoms with E-state index in [1.807, 2.05) is 24.3 Å². The summed E-state index contributed by atoms with van der Waals surface area (Å²) in [4.78, 5) is 41.9. The van der Waals surface area contributed by atoms with Crippen molar-refractivity contribution < 1.29 is 19.5 Å².